The second-order valence-electron chi connectivity index (χ2n) is 5.39. The molecule has 6 heteroatoms. The van der Waals surface area contributed by atoms with Crippen LogP contribution in [-0.4, -0.2) is 30.3 Å². The van der Waals surface area contributed by atoms with Crippen molar-refractivity contribution < 1.29 is 4.79 Å². The molecule has 1 aliphatic heterocycles. The molecule has 1 amide bonds. The summed E-state index contributed by atoms with van der Waals surface area (Å²) in [7, 11) is 0. The van der Waals surface area contributed by atoms with Crippen molar-refractivity contribution in [2.75, 3.05) is 19.6 Å². The molecule has 0 spiro atoms. The van der Waals surface area contributed by atoms with Crippen molar-refractivity contribution in [2.24, 2.45) is 5.92 Å². The lowest BCUT2D eigenvalue weighted by atomic mass is 10.0. The van der Waals surface area contributed by atoms with Crippen LogP contribution in [0.25, 0.3) is 0 Å². The zero-order valence-corrected chi connectivity index (χ0v) is 14.8. The Morgan fingerprint density at radius 3 is 2.50 bits per heavy atom. The van der Waals surface area contributed by atoms with Crippen molar-refractivity contribution in [3.05, 3.63) is 28.7 Å². The average Bonchev–Trinajstić information content (AvgIpc) is 2.27. The maximum Gasteiger partial charge on any atom is 0.225 e. The molecule has 112 valence electrons. The normalized spacial score (nSPS) is 15.2. The Hall–Kier alpha value is -0.230. The fourth-order valence-electron chi connectivity index (χ4n) is 1.78. The SMILES string of the molecule is CC(C)(CNC(=O)C1CNC1)Sc1ccc(Br)cc1.Cl. The molecule has 0 atom stereocenters. The molecular formula is C14H20BrClN2OS. The van der Waals surface area contributed by atoms with E-state index >= 15 is 0 Å². The van der Waals surface area contributed by atoms with Gasteiger partial charge in [-0.05, 0) is 38.1 Å². The minimum absolute atomic E-state index is 0. The summed E-state index contributed by atoms with van der Waals surface area (Å²) in [5.41, 5.74) is 0. The van der Waals surface area contributed by atoms with Gasteiger partial charge >= 0.3 is 0 Å². The first-order valence-corrected chi connectivity index (χ1v) is 8.00. The molecule has 0 aliphatic carbocycles. The van der Waals surface area contributed by atoms with Gasteiger partial charge in [-0.2, -0.15) is 0 Å². The minimum Gasteiger partial charge on any atom is -0.354 e. The summed E-state index contributed by atoms with van der Waals surface area (Å²) in [4.78, 5) is 13.0. The summed E-state index contributed by atoms with van der Waals surface area (Å²) in [6.07, 6.45) is 0. The van der Waals surface area contributed by atoms with Crippen molar-refractivity contribution >= 4 is 46.0 Å². The first-order chi connectivity index (χ1) is 8.96. The first kappa shape index (κ1) is 17.8. The molecule has 0 unspecified atom stereocenters. The molecule has 1 heterocycles. The summed E-state index contributed by atoms with van der Waals surface area (Å²) in [5.74, 6) is 0.330. The molecule has 3 nitrogen and oxygen atoms in total. The quantitative estimate of drug-likeness (QED) is 0.773. The summed E-state index contributed by atoms with van der Waals surface area (Å²) in [6, 6.07) is 8.26. The highest BCUT2D eigenvalue weighted by atomic mass is 79.9. The zero-order valence-electron chi connectivity index (χ0n) is 11.6. The molecule has 20 heavy (non-hydrogen) atoms. The van der Waals surface area contributed by atoms with Crippen molar-refractivity contribution in [2.45, 2.75) is 23.5 Å². The lowest BCUT2D eigenvalue weighted by Crippen LogP contribution is -2.52. The van der Waals surface area contributed by atoms with E-state index in [4.69, 9.17) is 0 Å². The van der Waals surface area contributed by atoms with Gasteiger partial charge in [0.2, 0.25) is 5.91 Å². The fraction of sp³-hybridized carbons (Fsp3) is 0.500. The van der Waals surface area contributed by atoms with Gasteiger partial charge < -0.3 is 10.6 Å². The van der Waals surface area contributed by atoms with Gasteiger partial charge in [-0.3, -0.25) is 4.79 Å². The van der Waals surface area contributed by atoms with Crippen molar-refractivity contribution in [3.8, 4) is 0 Å². The number of halogens is 2. The Bertz CT molecular complexity index is 449. The molecule has 1 saturated heterocycles. The number of hydrogen-bond donors (Lipinski definition) is 2. The number of hydrogen-bond acceptors (Lipinski definition) is 3. The maximum absolute atomic E-state index is 11.8. The topological polar surface area (TPSA) is 41.1 Å². The second kappa shape index (κ2) is 7.69. The predicted octanol–water partition coefficient (Wildman–Crippen LogP) is 3.08. The van der Waals surface area contributed by atoms with Crippen LogP contribution in [0.15, 0.2) is 33.6 Å². The molecule has 1 aromatic carbocycles. The number of rotatable bonds is 5. The van der Waals surface area contributed by atoms with Crippen LogP contribution >= 0.6 is 40.1 Å². The summed E-state index contributed by atoms with van der Waals surface area (Å²) in [6.45, 7) is 6.61. The Labute approximate surface area is 139 Å². The molecule has 0 aromatic heterocycles. The highest BCUT2D eigenvalue weighted by molar-refractivity contribution is 9.10. The van der Waals surface area contributed by atoms with Crippen LogP contribution in [-0.2, 0) is 4.79 Å². The fourth-order valence-corrected chi connectivity index (χ4v) is 3.10. The van der Waals surface area contributed by atoms with Crippen LogP contribution in [0.2, 0.25) is 0 Å². The molecule has 2 rings (SSSR count). The summed E-state index contributed by atoms with van der Waals surface area (Å²) >= 11 is 5.22. The van der Waals surface area contributed by atoms with E-state index in [9.17, 15) is 4.79 Å². The van der Waals surface area contributed by atoms with Gasteiger partial charge in [0.1, 0.15) is 0 Å². The largest absolute Gasteiger partial charge is 0.354 e. The van der Waals surface area contributed by atoms with E-state index < -0.39 is 0 Å². The lowest BCUT2D eigenvalue weighted by molar-refractivity contribution is -0.126. The Balaban J connectivity index is 0.00000200. The maximum atomic E-state index is 11.8. The molecule has 0 radical (unpaired) electrons. The molecular weight excluding hydrogens is 360 g/mol. The van der Waals surface area contributed by atoms with E-state index in [-0.39, 0.29) is 29.0 Å². The number of nitrogens with one attached hydrogen (secondary N) is 2. The van der Waals surface area contributed by atoms with Gasteiger partial charge in [-0.25, -0.2) is 0 Å². The minimum atomic E-state index is -0.0132. The third kappa shape index (κ3) is 5.28. The highest BCUT2D eigenvalue weighted by Gasteiger charge is 2.27. The van der Waals surface area contributed by atoms with E-state index in [1.165, 1.54) is 4.90 Å². The third-order valence-electron chi connectivity index (χ3n) is 3.05. The molecule has 2 N–H and O–H groups in total. The van der Waals surface area contributed by atoms with Crippen molar-refractivity contribution in [1.29, 1.82) is 0 Å². The average molecular weight is 380 g/mol. The smallest absolute Gasteiger partial charge is 0.225 e. The molecule has 1 aromatic rings. The monoisotopic (exact) mass is 378 g/mol. The van der Waals surface area contributed by atoms with E-state index in [0.29, 0.717) is 6.54 Å². The zero-order chi connectivity index (χ0) is 13.9. The van der Waals surface area contributed by atoms with E-state index in [1.807, 2.05) is 12.1 Å². The van der Waals surface area contributed by atoms with Crippen LogP contribution in [0, 0.1) is 5.92 Å². The van der Waals surface area contributed by atoms with Gasteiger partial charge in [0, 0.05) is 33.7 Å². The predicted molar refractivity (Wildman–Crippen MR) is 90.7 cm³/mol. The molecule has 0 saturated carbocycles. The van der Waals surface area contributed by atoms with E-state index in [1.54, 1.807) is 11.8 Å². The number of benzene rings is 1. The number of thioether (sulfide) groups is 1. The van der Waals surface area contributed by atoms with E-state index in [0.717, 1.165) is 17.6 Å². The van der Waals surface area contributed by atoms with Gasteiger partial charge in [0.05, 0.1) is 5.92 Å². The van der Waals surface area contributed by atoms with Gasteiger partial charge in [-0.15, -0.1) is 24.2 Å². The van der Waals surface area contributed by atoms with Crippen LogP contribution in [0.1, 0.15) is 13.8 Å². The Kier molecular flexibility index (Phi) is 6.85. The van der Waals surface area contributed by atoms with Crippen LogP contribution in [0.4, 0.5) is 0 Å². The standard InChI is InChI=1S/C14H19BrN2OS.ClH/c1-14(2,9-17-13(18)10-7-16-8-10)19-12-5-3-11(15)4-6-12;/h3-6,10,16H,7-9H2,1-2H3,(H,17,18);1H. The molecule has 1 aliphatic rings. The number of carbonyl (C=O) groups excluding carboxylic acids is 1. The van der Waals surface area contributed by atoms with E-state index in [2.05, 4.69) is 52.5 Å². The molecule has 0 bridgehead atoms. The van der Waals surface area contributed by atoms with Gasteiger partial charge in [0.15, 0.2) is 0 Å². The first-order valence-electron chi connectivity index (χ1n) is 6.39. The Morgan fingerprint density at radius 1 is 1.40 bits per heavy atom. The summed E-state index contributed by atoms with van der Waals surface area (Å²) in [5, 5.41) is 6.16. The lowest BCUT2D eigenvalue weighted by Gasteiger charge is -2.29. The summed E-state index contributed by atoms with van der Waals surface area (Å²) < 4.78 is 1.07. The number of amides is 1. The van der Waals surface area contributed by atoms with Gasteiger partial charge in [0.25, 0.3) is 0 Å². The van der Waals surface area contributed by atoms with Gasteiger partial charge in [-0.1, -0.05) is 15.9 Å². The third-order valence-corrected chi connectivity index (χ3v) is 4.78. The van der Waals surface area contributed by atoms with Crippen LogP contribution < -0.4 is 10.6 Å². The Morgan fingerprint density at radius 2 is 2.00 bits per heavy atom. The van der Waals surface area contributed by atoms with Crippen molar-refractivity contribution in [3.63, 3.8) is 0 Å². The van der Waals surface area contributed by atoms with Crippen LogP contribution in [0.3, 0.4) is 0 Å². The van der Waals surface area contributed by atoms with Crippen LogP contribution in [0.5, 0.6) is 0 Å². The molecule has 1 fully saturated rings. The second-order valence-corrected chi connectivity index (χ2v) is 8.09. The highest BCUT2D eigenvalue weighted by Crippen LogP contribution is 2.32. The number of carbonyl (C=O) groups is 1. The van der Waals surface area contributed by atoms with Crippen molar-refractivity contribution in [1.82, 2.24) is 10.6 Å².